The molecule has 178 valence electrons. The Hall–Kier alpha value is 0.994. The van der Waals surface area contributed by atoms with Gasteiger partial charge in [0.15, 0.2) is 16.6 Å². The minimum atomic E-state index is -1.29. The number of halogens is 2. The van der Waals surface area contributed by atoms with Crippen LogP contribution in [0.25, 0.3) is 0 Å². The van der Waals surface area contributed by atoms with Gasteiger partial charge >= 0.3 is 30.2 Å². The predicted molar refractivity (Wildman–Crippen MR) is 145 cm³/mol. The van der Waals surface area contributed by atoms with Gasteiger partial charge < -0.3 is 23.7 Å². The average Bonchev–Trinajstić information content (AvgIpc) is 3.21. The fourth-order valence-corrected chi connectivity index (χ4v) is 3.61. The van der Waals surface area contributed by atoms with Gasteiger partial charge in [0.2, 0.25) is 0 Å². The summed E-state index contributed by atoms with van der Waals surface area (Å²) in [5.41, 5.74) is 2.63. The Morgan fingerprint density at radius 2 is 1.07 bits per heavy atom. The Kier molecular flexibility index (Phi) is 31.9. The third kappa shape index (κ3) is 27.0. The van der Waals surface area contributed by atoms with Gasteiger partial charge in [-0.25, -0.2) is 23.3 Å². The fraction of sp³-hybridized carbons (Fsp3) is 0.545. The zero-order chi connectivity index (χ0) is 20.1. The Morgan fingerprint density at radius 3 is 1.27 bits per heavy atom. The number of hydrogen-bond donors (Lipinski definition) is 0. The van der Waals surface area contributed by atoms with Gasteiger partial charge in [-0.15, -0.1) is 37.7 Å². The van der Waals surface area contributed by atoms with Gasteiger partial charge in [0.1, 0.15) is 0 Å². The summed E-state index contributed by atoms with van der Waals surface area (Å²) in [4.78, 5) is 0. The maximum atomic E-state index is 5.74. The summed E-state index contributed by atoms with van der Waals surface area (Å²) in [7, 11) is -2.59. The van der Waals surface area contributed by atoms with Crippen molar-refractivity contribution in [2.45, 2.75) is 65.0 Å². The van der Waals surface area contributed by atoms with Gasteiger partial charge in [-0.3, -0.25) is 12.2 Å². The summed E-state index contributed by atoms with van der Waals surface area (Å²) in [6, 6.07) is 0. The van der Waals surface area contributed by atoms with Gasteiger partial charge in [0, 0.05) is 13.2 Å². The quantitative estimate of drug-likeness (QED) is 0.234. The minimum absolute atomic E-state index is 0. The molecule has 2 aliphatic carbocycles. The van der Waals surface area contributed by atoms with Gasteiger partial charge in [0.05, 0.1) is 0 Å². The van der Waals surface area contributed by atoms with Crippen molar-refractivity contribution in [3.05, 3.63) is 62.5 Å². The zero-order valence-corrected chi connectivity index (χ0v) is 27.9. The average molecular weight is 587 g/mol. The summed E-state index contributed by atoms with van der Waals surface area (Å²) < 4.78 is 11.5. The predicted octanol–water partition coefficient (Wildman–Crippen LogP) is 6.66. The molecule has 2 rings (SSSR count). The van der Waals surface area contributed by atoms with Crippen molar-refractivity contribution in [3.8, 4) is 0 Å². The van der Waals surface area contributed by atoms with Crippen LogP contribution in [0.2, 0.25) is 39.3 Å². The van der Waals surface area contributed by atoms with Crippen LogP contribution in [0.5, 0.6) is 0 Å². The molecule has 0 fully saturated rings. The first-order valence-corrected chi connectivity index (χ1v) is 22.1. The van der Waals surface area contributed by atoms with E-state index < -0.39 is 16.6 Å². The molecule has 2 nitrogen and oxygen atoms in total. The van der Waals surface area contributed by atoms with E-state index >= 15 is 0 Å². The van der Waals surface area contributed by atoms with E-state index in [-0.39, 0.29) is 39.7 Å². The van der Waals surface area contributed by atoms with E-state index in [0.29, 0.717) is 0 Å². The van der Waals surface area contributed by atoms with Crippen molar-refractivity contribution in [1.82, 2.24) is 0 Å². The van der Waals surface area contributed by atoms with E-state index in [9.17, 15) is 0 Å². The van der Waals surface area contributed by atoms with Crippen molar-refractivity contribution in [2.24, 2.45) is 0 Å². The Bertz CT molecular complexity index is 477. The van der Waals surface area contributed by atoms with Crippen LogP contribution in [0.4, 0.5) is 0 Å². The standard InChI is InChI=1S/2C10H17OSi.2CH3.2ClH.H2Si.Zr/c2*1-12(2,3)11-9-8-10-6-4-5-7-10;;;;;;/h2*4,6H,5,8-9H2,1-3H3;2*1H3;2*1H;1H2;/q4*-1;;;;. The third-order valence-corrected chi connectivity index (χ3v) is 5.49. The fourth-order valence-electron chi connectivity index (χ4n) is 2.18. The van der Waals surface area contributed by atoms with Gasteiger partial charge in [0.25, 0.3) is 0 Å². The molecule has 0 bridgehead atoms. The second kappa shape index (κ2) is 23.2. The number of rotatable bonds is 8. The second-order valence-corrected chi connectivity index (χ2v) is 17.1. The van der Waals surface area contributed by atoms with Gasteiger partial charge in [-0.05, 0) is 52.1 Å². The summed E-state index contributed by atoms with van der Waals surface area (Å²) in [5, 5.41) is 0. The molecule has 0 saturated heterocycles. The second-order valence-electron chi connectivity index (χ2n) is 8.04. The first-order valence-electron chi connectivity index (χ1n) is 9.31. The number of hydrogen-bond acceptors (Lipinski definition) is 2. The molecule has 0 aromatic heterocycles. The van der Waals surface area contributed by atoms with Crippen LogP contribution in [-0.4, -0.2) is 36.7 Å². The van der Waals surface area contributed by atoms with Crippen molar-refractivity contribution >= 4 is 48.3 Å². The maximum absolute atomic E-state index is 5.74. The van der Waals surface area contributed by atoms with Crippen LogP contribution >= 0.6 is 24.8 Å². The van der Waals surface area contributed by atoms with Crippen LogP contribution < -0.4 is 0 Å². The molecule has 0 aromatic rings. The van der Waals surface area contributed by atoms with Gasteiger partial charge in [-0.2, -0.15) is 12.2 Å². The molecule has 0 aliphatic heterocycles. The molecule has 30 heavy (non-hydrogen) atoms. The van der Waals surface area contributed by atoms with Crippen molar-refractivity contribution in [3.63, 3.8) is 0 Å². The first-order chi connectivity index (χ1) is 12.2. The van der Waals surface area contributed by atoms with E-state index in [0.717, 1.165) is 38.9 Å². The summed E-state index contributed by atoms with van der Waals surface area (Å²) in [6.07, 6.45) is 19.2. The molecular weight excluding hydrogens is 543 g/mol. The zero-order valence-electron chi connectivity index (χ0n) is 20.4. The van der Waals surface area contributed by atoms with Crippen molar-refractivity contribution in [1.29, 1.82) is 0 Å². The molecule has 0 atom stereocenters. The SMILES string of the molecule is C[Si](C)(C)OCCC1=[C-]CC=C1.C[Si](C)(C)OCCC1=[C-]CC=C1.Cl.Cl.[CH3-].[CH3-].[SiH2]=[Zr]. The van der Waals surface area contributed by atoms with E-state index in [4.69, 9.17) is 8.85 Å². The Morgan fingerprint density at radius 1 is 0.767 bits per heavy atom. The van der Waals surface area contributed by atoms with Crippen molar-refractivity contribution in [2.75, 3.05) is 13.2 Å². The molecule has 0 radical (unpaired) electrons. The van der Waals surface area contributed by atoms with Crippen LogP contribution in [0.3, 0.4) is 0 Å². The molecule has 0 spiro atoms. The molecule has 0 saturated carbocycles. The van der Waals surface area contributed by atoms with E-state index in [1.807, 2.05) is 6.88 Å². The summed E-state index contributed by atoms with van der Waals surface area (Å²) >= 11 is 1.58. The molecule has 0 N–H and O–H groups in total. The normalized spacial score (nSPS) is 13.5. The Balaban J connectivity index is -0.000000114. The van der Waals surface area contributed by atoms with Crippen molar-refractivity contribution < 1.29 is 32.2 Å². The van der Waals surface area contributed by atoms with Crippen LogP contribution in [-0.2, 0) is 32.2 Å². The third-order valence-electron chi connectivity index (χ3n) is 3.34. The molecule has 0 heterocycles. The van der Waals surface area contributed by atoms with Crippen LogP contribution in [0.1, 0.15) is 25.7 Å². The molecule has 2 aliphatic rings. The number of allylic oxidation sites excluding steroid dienone is 6. The molecule has 0 amide bonds. The molecule has 0 aromatic carbocycles. The monoisotopic (exact) mass is 584 g/mol. The topological polar surface area (TPSA) is 18.5 Å². The van der Waals surface area contributed by atoms with E-state index in [1.54, 1.807) is 23.3 Å². The molecular formula is C22H44Cl2O2Si3Zr-4. The van der Waals surface area contributed by atoms with Crippen LogP contribution in [0, 0.1) is 27.0 Å². The van der Waals surface area contributed by atoms with E-state index in [1.165, 1.54) is 11.1 Å². The molecule has 0 unspecified atom stereocenters. The van der Waals surface area contributed by atoms with Gasteiger partial charge in [-0.1, -0.05) is 0 Å². The van der Waals surface area contributed by atoms with E-state index in [2.05, 4.69) is 75.7 Å². The van der Waals surface area contributed by atoms with Crippen LogP contribution in [0.15, 0.2) is 35.5 Å². The summed E-state index contributed by atoms with van der Waals surface area (Å²) in [6.45, 7) is 17.0. The summed E-state index contributed by atoms with van der Waals surface area (Å²) in [5.74, 6) is 0. The first kappa shape index (κ1) is 41.3. The molecule has 8 heteroatoms. The Labute approximate surface area is 219 Å².